The van der Waals surface area contributed by atoms with Gasteiger partial charge in [-0.25, -0.2) is 4.57 Å². The van der Waals surface area contributed by atoms with Crippen LogP contribution in [-0.2, 0) is 37.5 Å². The summed E-state index contributed by atoms with van der Waals surface area (Å²) in [5.41, 5.74) is 5.32. The monoisotopic (exact) mass is 802 g/mol. The molecule has 0 aliphatic rings. The first kappa shape index (κ1) is 52.7. The van der Waals surface area contributed by atoms with E-state index in [-0.39, 0.29) is 19.4 Å². The maximum Gasteiger partial charge on any atom is 0.472 e. The molecule has 2 unspecified atom stereocenters. The van der Waals surface area contributed by atoms with Crippen LogP contribution in [0.5, 0.6) is 0 Å². The van der Waals surface area contributed by atoms with Crippen molar-refractivity contribution in [3.05, 3.63) is 36.5 Å². The maximum atomic E-state index is 12.6. The average molecular weight is 802 g/mol. The molecule has 0 fully saturated rings. The highest BCUT2D eigenvalue weighted by Gasteiger charge is 2.28. The van der Waals surface area contributed by atoms with E-state index < -0.39 is 57.2 Å². The molecule has 0 amide bonds. The third kappa shape index (κ3) is 37.0. The summed E-state index contributed by atoms with van der Waals surface area (Å²) in [6.45, 7) is 2.57. The summed E-state index contributed by atoms with van der Waals surface area (Å²) in [5.74, 6) is -2.46. The number of nitrogens with two attached hydrogens (primary N) is 1. The van der Waals surface area contributed by atoms with Crippen LogP contribution in [0.25, 0.3) is 0 Å². The van der Waals surface area contributed by atoms with Gasteiger partial charge in [0.05, 0.1) is 19.3 Å². The van der Waals surface area contributed by atoms with Crippen molar-refractivity contribution in [2.75, 3.05) is 19.8 Å². The highest BCUT2D eigenvalue weighted by Crippen LogP contribution is 2.43. The lowest BCUT2D eigenvalue weighted by atomic mass is 10.0. The summed E-state index contributed by atoms with van der Waals surface area (Å²) >= 11 is 0. The molecule has 0 aliphatic carbocycles. The van der Waals surface area contributed by atoms with Crippen molar-refractivity contribution < 1.29 is 52.6 Å². The number of hydrogen-bond acceptors (Lipinski definition) is 10. The van der Waals surface area contributed by atoms with E-state index in [2.05, 4.69) is 30.5 Å². The number of aliphatic hydroxyl groups excluding tert-OH is 1. The molecule has 0 saturated heterocycles. The highest BCUT2D eigenvalue weighted by atomic mass is 31.2. The van der Waals surface area contributed by atoms with E-state index in [0.29, 0.717) is 19.3 Å². The van der Waals surface area contributed by atoms with Crippen molar-refractivity contribution >= 4 is 25.7 Å². The largest absolute Gasteiger partial charge is 0.480 e. The Balaban J connectivity index is 4.46. The predicted octanol–water partition coefficient (Wildman–Crippen LogP) is 9.81. The normalized spacial score (nSPS) is 14.7. The fourth-order valence-electron chi connectivity index (χ4n) is 5.66. The van der Waals surface area contributed by atoms with Gasteiger partial charge in [0, 0.05) is 12.8 Å². The molecule has 0 aromatic carbocycles. The second-order valence-corrected chi connectivity index (χ2v) is 15.8. The lowest BCUT2D eigenvalue weighted by Gasteiger charge is -2.20. The van der Waals surface area contributed by atoms with E-state index in [1.807, 2.05) is 18.2 Å². The van der Waals surface area contributed by atoms with Gasteiger partial charge < -0.3 is 30.3 Å². The van der Waals surface area contributed by atoms with Crippen molar-refractivity contribution in [1.29, 1.82) is 0 Å². The van der Waals surface area contributed by atoms with Gasteiger partial charge in [-0.15, -0.1) is 0 Å². The first-order valence-corrected chi connectivity index (χ1v) is 22.6. The van der Waals surface area contributed by atoms with Crippen LogP contribution in [0.1, 0.15) is 174 Å². The summed E-state index contributed by atoms with van der Waals surface area (Å²) in [6, 6.07) is -1.54. The number of carboxylic acid groups (broad SMARTS) is 1. The number of carbonyl (C=O) groups excluding carboxylic acids is 2. The number of ether oxygens (including phenoxy) is 2. The van der Waals surface area contributed by atoms with Crippen molar-refractivity contribution in [2.24, 2.45) is 5.73 Å². The average Bonchev–Trinajstić information content (AvgIpc) is 3.15. The molecule has 4 atom stereocenters. The van der Waals surface area contributed by atoms with Gasteiger partial charge in [0.15, 0.2) is 6.10 Å². The Hall–Kier alpha value is -2.34. The minimum atomic E-state index is -4.74. The molecule has 12 nitrogen and oxygen atoms in total. The van der Waals surface area contributed by atoms with Crippen LogP contribution in [0.2, 0.25) is 0 Å². The zero-order chi connectivity index (χ0) is 40.8. The van der Waals surface area contributed by atoms with Crippen LogP contribution in [0, 0.1) is 0 Å². The fourth-order valence-corrected chi connectivity index (χ4v) is 6.44. The number of hydrogen-bond donors (Lipinski definition) is 4. The number of allylic oxidation sites excluding steroid dienone is 5. The molecule has 0 bridgehead atoms. The number of phosphoric ester groups is 1. The van der Waals surface area contributed by atoms with Crippen molar-refractivity contribution in [3.8, 4) is 0 Å². The molecular formula is C42H76NO11P. The molecule has 0 heterocycles. The number of phosphoric acid groups is 1. The zero-order valence-corrected chi connectivity index (χ0v) is 35.0. The van der Waals surface area contributed by atoms with Gasteiger partial charge in [-0.2, -0.15) is 0 Å². The Labute approximate surface area is 332 Å². The smallest absolute Gasteiger partial charge is 0.472 e. The quantitative estimate of drug-likeness (QED) is 0.0151. The Kier molecular flexibility index (Phi) is 35.7. The number of aliphatic carboxylic acids is 1. The molecule has 13 heteroatoms. The lowest BCUT2D eigenvalue weighted by molar-refractivity contribution is -0.161. The van der Waals surface area contributed by atoms with E-state index in [0.717, 1.165) is 57.8 Å². The number of esters is 2. The number of unbranched alkanes of at least 4 members (excludes halogenated alkanes) is 18. The molecule has 0 spiro atoms. The summed E-state index contributed by atoms with van der Waals surface area (Å²) in [4.78, 5) is 45.9. The summed E-state index contributed by atoms with van der Waals surface area (Å²) in [7, 11) is -4.74. The predicted molar refractivity (Wildman–Crippen MR) is 218 cm³/mol. The van der Waals surface area contributed by atoms with E-state index >= 15 is 0 Å². The first-order chi connectivity index (χ1) is 26.5. The minimum absolute atomic E-state index is 0.0927. The Morgan fingerprint density at radius 2 is 1.16 bits per heavy atom. The van der Waals surface area contributed by atoms with Crippen LogP contribution < -0.4 is 5.73 Å². The van der Waals surface area contributed by atoms with Crippen molar-refractivity contribution in [2.45, 2.75) is 193 Å². The maximum absolute atomic E-state index is 12.6. The van der Waals surface area contributed by atoms with Gasteiger partial charge in [0.2, 0.25) is 0 Å². The number of aliphatic hydroxyl groups is 1. The fraction of sp³-hybridized carbons (Fsp3) is 0.786. The molecule has 0 aliphatic heterocycles. The number of carboxylic acids is 1. The van der Waals surface area contributed by atoms with Gasteiger partial charge >= 0.3 is 25.7 Å². The Morgan fingerprint density at radius 1 is 0.655 bits per heavy atom. The number of rotatable bonds is 39. The van der Waals surface area contributed by atoms with Gasteiger partial charge in [0.25, 0.3) is 0 Å². The topological polar surface area (TPSA) is 192 Å². The molecule has 0 rings (SSSR count). The first-order valence-electron chi connectivity index (χ1n) is 21.1. The lowest BCUT2D eigenvalue weighted by Crippen LogP contribution is -2.34. The molecule has 5 N–H and O–H groups in total. The molecule has 0 saturated carbocycles. The molecule has 55 heavy (non-hydrogen) atoms. The van der Waals surface area contributed by atoms with Crippen LogP contribution in [0.15, 0.2) is 36.5 Å². The van der Waals surface area contributed by atoms with E-state index in [1.165, 1.54) is 70.6 Å². The molecule has 320 valence electrons. The summed E-state index contributed by atoms with van der Waals surface area (Å²) in [5, 5.41) is 19.0. The van der Waals surface area contributed by atoms with Gasteiger partial charge in [-0.3, -0.25) is 23.4 Å². The van der Waals surface area contributed by atoms with E-state index in [4.69, 9.17) is 24.8 Å². The van der Waals surface area contributed by atoms with Gasteiger partial charge in [-0.05, 0) is 32.1 Å². The summed E-state index contributed by atoms with van der Waals surface area (Å²) in [6.07, 6.45) is 35.1. The number of carbonyl (C=O) groups is 3. The van der Waals surface area contributed by atoms with Crippen LogP contribution in [0.4, 0.5) is 0 Å². The standard InChI is InChI=1S/C42H76NO11P/c1-3-5-7-9-11-12-13-14-15-16-17-18-20-24-28-32-40(45)51-34-38(35-52-55(49,50)53-36-39(43)42(47)48)54-41(46)33-29-25-21-23-27-31-37(44)30-26-22-19-10-8-6-4-2/h6,8,19,22,26,30,37-39,44H,3-5,7,9-18,20-21,23-25,27-29,31-36,43H2,1-2H3,(H,47,48)(H,49,50)/b8-6+,22-19+,30-26+/t37?,38-,39+/m1/s1. The molecule has 0 radical (unpaired) electrons. The zero-order valence-electron chi connectivity index (χ0n) is 34.1. The van der Waals surface area contributed by atoms with Crippen molar-refractivity contribution in [1.82, 2.24) is 0 Å². The van der Waals surface area contributed by atoms with Crippen LogP contribution in [0.3, 0.4) is 0 Å². The minimum Gasteiger partial charge on any atom is -0.480 e. The Bertz CT molecular complexity index is 1100. The van der Waals surface area contributed by atoms with Crippen LogP contribution >= 0.6 is 7.82 Å². The molecule has 0 aromatic rings. The Morgan fingerprint density at radius 3 is 1.71 bits per heavy atom. The van der Waals surface area contributed by atoms with Gasteiger partial charge in [-0.1, -0.05) is 166 Å². The molecule has 0 aromatic heterocycles. The van der Waals surface area contributed by atoms with Crippen LogP contribution in [-0.4, -0.2) is 71.1 Å². The third-order valence-corrected chi connectivity index (χ3v) is 9.96. The second-order valence-electron chi connectivity index (χ2n) is 14.3. The molecular weight excluding hydrogens is 725 g/mol. The summed E-state index contributed by atoms with van der Waals surface area (Å²) < 4.78 is 32.6. The van der Waals surface area contributed by atoms with Crippen molar-refractivity contribution in [3.63, 3.8) is 0 Å². The van der Waals surface area contributed by atoms with E-state index in [9.17, 15) is 28.9 Å². The highest BCUT2D eigenvalue weighted by molar-refractivity contribution is 7.47. The SMILES string of the molecule is CC/C=C/C/C=C/C=C/C(O)CCCCCCCC(=O)O[C@H](COC(=O)CCCCCCCCCCCCCCCCC)COP(=O)(O)OC[C@H](N)C(=O)O. The third-order valence-electron chi connectivity index (χ3n) is 9.01. The van der Waals surface area contributed by atoms with Gasteiger partial charge in [0.1, 0.15) is 12.6 Å². The second kappa shape index (κ2) is 37.2. The van der Waals surface area contributed by atoms with E-state index in [1.54, 1.807) is 6.08 Å².